The summed E-state index contributed by atoms with van der Waals surface area (Å²) in [5, 5.41) is 7.47. The number of allylic oxidation sites excluding steroid dienone is 1. The third-order valence-electron chi connectivity index (χ3n) is 3.94. The van der Waals surface area contributed by atoms with Crippen LogP contribution in [0.5, 0.6) is 0 Å². The van der Waals surface area contributed by atoms with E-state index in [4.69, 9.17) is 0 Å². The van der Waals surface area contributed by atoms with Crippen LogP contribution in [0.1, 0.15) is 31.4 Å². The lowest BCUT2D eigenvalue weighted by Crippen LogP contribution is -2.33. The van der Waals surface area contributed by atoms with Crippen LogP contribution < -0.4 is 16.0 Å². The standard InChI is InChI=1S/C19H24N2/c1-7-9-19(14(4)20-8-2)21-15(5)17-11-10-13(3)12-18(17)16(21)6/h8,10-12,19-20H,2,4-7,9H2,1,3H3. The molecule has 1 atom stereocenters. The highest BCUT2D eigenvalue weighted by atomic mass is 15.1. The Morgan fingerprint density at radius 1 is 1.29 bits per heavy atom. The molecule has 1 aromatic heterocycles. The lowest BCUT2D eigenvalue weighted by Gasteiger charge is -2.22. The Hall–Kier alpha value is -2.22. The highest BCUT2D eigenvalue weighted by molar-refractivity contribution is 5.84. The van der Waals surface area contributed by atoms with Crippen molar-refractivity contribution in [3.63, 3.8) is 0 Å². The van der Waals surface area contributed by atoms with Gasteiger partial charge in [-0.25, -0.2) is 0 Å². The second-order valence-corrected chi connectivity index (χ2v) is 5.49. The van der Waals surface area contributed by atoms with E-state index in [1.807, 2.05) is 0 Å². The first kappa shape index (κ1) is 15.2. The molecule has 1 unspecified atom stereocenters. The second kappa shape index (κ2) is 6.04. The molecule has 0 saturated carbocycles. The van der Waals surface area contributed by atoms with Crippen molar-refractivity contribution in [3.8, 4) is 0 Å². The van der Waals surface area contributed by atoms with Crippen LogP contribution in [0.3, 0.4) is 0 Å². The fourth-order valence-electron chi connectivity index (χ4n) is 2.91. The molecule has 1 heterocycles. The Morgan fingerprint density at radius 2 is 1.95 bits per heavy atom. The van der Waals surface area contributed by atoms with Gasteiger partial charge in [-0.15, -0.1) is 0 Å². The van der Waals surface area contributed by atoms with E-state index in [-0.39, 0.29) is 6.04 Å². The zero-order valence-corrected chi connectivity index (χ0v) is 13.1. The van der Waals surface area contributed by atoms with E-state index in [1.54, 1.807) is 6.20 Å². The molecule has 0 aliphatic rings. The van der Waals surface area contributed by atoms with Gasteiger partial charge >= 0.3 is 0 Å². The van der Waals surface area contributed by atoms with E-state index in [0.717, 1.165) is 34.6 Å². The van der Waals surface area contributed by atoms with Crippen LogP contribution >= 0.6 is 0 Å². The second-order valence-electron chi connectivity index (χ2n) is 5.49. The fourth-order valence-corrected chi connectivity index (χ4v) is 2.91. The maximum atomic E-state index is 4.28. The lowest BCUT2D eigenvalue weighted by molar-refractivity contribution is 0.493. The summed E-state index contributed by atoms with van der Waals surface area (Å²) in [6, 6.07) is 6.56. The molecule has 21 heavy (non-hydrogen) atoms. The number of nitrogens with one attached hydrogen (secondary N) is 1. The van der Waals surface area contributed by atoms with Crippen molar-refractivity contribution in [2.24, 2.45) is 0 Å². The van der Waals surface area contributed by atoms with Gasteiger partial charge in [0.1, 0.15) is 0 Å². The summed E-state index contributed by atoms with van der Waals surface area (Å²) in [5.41, 5.74) is 2.17. The van der Waals surface area contributed by atoms with Gasteiger partial charge in [0.25, 0.3) is 0 Å². The first-order valence-electron chi connectivity index (χ1n) is 7.36. The smallest absolute Gasteiger partial charge is 0.0734 e. The molecule has 1 aromatic carbocycles. The molecule has 0 fully saturated rings. The van der Waals surface area contributed by atoms with Crippen LogP contribution in [0.15, 0.2) is 43.3 Å². The maximum Gasteiger partial charge on any atom is 0.0734 e. The van der Waals surface area contributed by atoms with Gasteiger partial charge in [0.05, 0.1) is 6.04 Å². The quantitative estimate of drug-likeness (QED) is 0.858. The summed E-state index contributed by atoms with van der Waals surface area (Å²) in [6.45, 7) is 20.7. The van der Waals surface area contributed by atoms with E-state index in [9.17, 15) is 0 Å². The first-order chi connectivity index (χ1) is 10.0. The molecule has 2 rings (SSSR count). The van der Waals surface area contributed by atoms with Crippen molar-refractivity contribution < 1.29 is 0 Å². The molecule has 0 spiro atoms. The number of aryl methyl sites for hydroxylation is 1. The molecule has 2 nitrogen and oxygen atoms in total. The molecule has 1 N–H and O–H groups in total. The maximum absolute atomic E-state index is 4.28. The van der Waals surface area contributed by atoms with Crippen LogP contribution in [0, 0.1) is 6.92 Å². The summed E-state index contributed by atoms with van der Waals surface area (Å²) in [5.74, 6) is 0. The Labute approximate surface area is 126 Å². The zero-order valence-electron chi connectivity index (χ0n) is 13.1. The predicted molar refractivity (Wildman–Crippen MR) is 93.4 cm³/mol. The van der Waals surface area contributed by atoms with Crippen molar-refractivity contribution in [2.75, 3.05) is 0 Å². The number of fused-ring (bicyclic) bond motifs is 1. The van der Waals surface area contributed by atoms with Gasteiger partial charge in [0.2, 0.25) is 0 Å². The van der Waals surface area contributed by atoms with Gasteiger partial charge in [-0.05, 0) is 25.6 Å². The molecule has 110 valence electrons. The largest absolute Gasteiger partial charge is 0.364 e. The van der Waals surface area contributed by atoms with Crippen LogP contribution in [-0.2, 0) is 0 Å². The van der Waals surface area contributed by atoms with Gasteiger partial charge in [0, 0.05) is 27.2 Å². The number of nitrogens with zero attached hydrogens (tertiary/aromatic N) is 1. The van der Waals surface area contributed by atoms with Crippen molar-refractivity contribution >= 4 is 23.9 Å². The summed E-state index contributed by atoms with van der Waals surface area (Å²) in [4.78, 5) is 0. The lowest BCUT2D eigenvalue weighted by atomic mass is 10.1. The molecular weight excluding hydrogens is 256 g/mol. The molecule has 0 bridgehead atoms. The Bertz CT molecular complexity index is 780. The third kappa shape index (κ3) is 2.66. The molecule has 0 aliphatic carbocycles. The van der Waals surface area contributed by atoms with Gasteiger partial charge in [0.15, 0.2) is 0 Å². The molecule has 0 aliphatic heterocycles. The average molecular weight is 280 g/mol. The Kier molecular flexibility index (Phi) is 4.37. The van der Waals surface area contributed by atoms with E-state index in [2.05, 4.69) is 68.2 Å². The molecule has 0 amide bonds. The summed E-state index contributed by atoms with van der Waals surface area (Å²) < 4.78 is 2.20. The summed E-state index contributed by atoms with van der Waals surface area (Å²) in [6.07, 6.45) is 3.73. The average Bonchev–Trinajstić information content (AvgIpc) is 2.68. The van der Waals surface area contributed by atoms with Crippen LogP contribution in [-0.4, -0.2) is 4.57 Å². The highest BCUT2D eigenvalue weighted by Gasteiger charge is 2.17. The van der Waals surface area contributed by atoms with E-state index >= 15 is 0 Å². The SMILES string of the molecule is C=CNC(=C)C(CCC)n1c(=C)c2ccc(C)cc2c1=C. The van der Waals surface area contributed by atoms with E-state index < -0.39 is 0 Å². The number of rotatable bonds is 6. The minimum Gasteiger partial charge on any atom is -0.364 e. The topological polar surface area (TPSA) is 17.0 Å². The van der Waals surface area contributed by atoms with Crippen molar-refractivity contribution in [1.29, 1.82) is 0 Å². The van der Waals surface area contributed by atoms with E-state index in [0.29, 0.717) is 0 Å². The van der Waals surface area contributed by atoms with Crippen molar-refractivity contribution in [1.82, 2.24) is 9.88 Å². The minimum atomic E-state index is 0.140. The number of benzene rings is 1. The van der Waals surface area contributed by atoms with Crippen LogP contribution in [0.25, 0.3) is 23.9 Å². The fraction of sp³-hybridized carbons (Fsp3) is 0.263. The molecule has 0 radical (unpaired) electrons. The molecular formula is C19H24N2. The first-order valence-corrected chi connectivity index (χ1v) is 7.36. The Morgan fingerprint density at radius 3 is 2.57 bits per heavy atom. The monoisotopic (exact) mass is 280 g/mol. The third-order valence-corrected chi connectivity index (χ3v) is 3.94. The van der Waals surface area contributed by atoms with Gasteiger partial charge < -0.3 is 9.88 Å². The van der Waals surface area contributed by atoms with Gasteiger partial charge in [-0.2, -0.15) is 0 Å². The number of hydrogen-bond donors (Lipinski definition) is 1. The zero-order chi connectivity index (χ0) is 15.6. The predicted octanol–water partition coefficient (Wildman–Crippen LogP) is 3.36. The Balaban J connectivity index is 2.68. The number of hydrogen-bond acceptors (Lipinski definition) is 1. The molecule has 2 aromatic rings. The van der Waals surface area contributed by atoms with Gasteiger partial charge in [-0.1, -0.05) is 57.4 Å². The van der Waals surface area contributed by atoms with Crippen molar-refractivity contribution in [3.05, 3.63) is 59.5 Å². The van der Waals surface area contributed by atoms with Crippen LogP contribution in [0.4, 0.5) is 0 Å². The summed E-state index contributed by atoms with van der Waals surface area (Å²) in [7, 11) is 0. The minimum absolute atomic E-state index is 0.140. The van der Waals surface area contributed by atoms with Crippen molar-refractivity contribution in [2.45, 2.75) is 32.7 Å². The molecule has 2 heteroatoms. The highest BCUT2D eigenvalue weighted by Crippen LogP contribution is 2.19. The molecule has 0 saturated heterocycles. The van der Waals surface area contributed by atoms with Crippen LogP contribution in [0.2, 0.25) is 0 Å². The van der Waals surface area contributed by atoms with E-state index in [1.165, 1.54) is 10.9 Å². The van der Waals surface area contributed by atoms with Gasteiger partial charge in [-0.3, -0.25) is 0 Å². The summed E-state index contributed by atoms with van der Waals surface area (Å²) >= 11 is 0. The number of aromatic nitrogens is 1. The normalized spacial score (nSPS) is 12.3.